The van der Waals surface area contributed by atoms with E-state index in [1.807, 2.05) is 124 Å². The Morgan fingerprint density at radius 2 is 1.17 bits per heavy atom. The van der Waals surface area contributed by atoms with Gasteiger partial charge in [-0.15, -0.1) is 22.7 Å². The molecule has 0 bridgehead atoms. The number of H-pyrrole nitrogens is 1. The highest BCUT2D eigenvalue weighted by Crippen LogP contribution is 2.47. The van der Waals surface area contributed by atoms with Crippen LogP contribution in [-0.4, -0.2) is 47.3 Å². The Hall–Kier alpha value is -7.58. The quantitative estimate of drug-likeness (QED) is 0.131. The number of anilines is 1. The van der Waals surface area contributed by atoms with Crippen molar-refractivity contribution in [3.63, 3.8) is 0 Å². The van der Waals surface area contributed by atoms with Crippen LogP contribution in [0.1, 0.15) is 53.7 Å². The maximum atomic E-state index is 14.2. The Bertz CT molecular complexity index is 3640. The molecule has 0 fully saturated rings. The van der Waals surface area contributed by atoms with Gasteiger partial charge in [0, 0.05) is 28.5 Å². The van der Waals surface area contributed by atoms with Crippen molar-refractivity contribution in [2.24, 2.45) is 4.99 Å². The van der Waals surface area contributed by atoms with Crippen molar-refractivity contribution in [2.45, 2.75) is 25.7 Å². The fourth-order valence-corrected chi connectivity index (χ4v) is 10.8. The zero-order valence-corrected chi connectivity index (χ0v) is 38.6. The second-order valence-electron chi connectivity index (χ2n) is 16.1. The zero-order valence-electron chi connectivity index (χ0n) is 36.1. The van der Waals surface area contributed by atoms with Crippen LogP contribution in [-0.2, 0) is 9.84 Å². The molecule has 0 saturated heterocycles. The largest absolute Gasteiger partial charge is 0.341 e. The van der Waals surface area contributed by atoms with Gasteiger partial charge in [-0.05, 0) is 97.1 Å². The van der Waals surface area contributed by atoms with Crippen molar-refractivity contribution >= 4 is 93.6 Å². The average molecular weight is 921 g/mol. The van der Waals surface area contributed by atoms with Crippen LogP contribution in [0.15, 0.2) is 161 Å². The number of carbonyl (C=O) groups is 2. The number of carbonyl (C=O) groups excluding carboxylic acids is 2. The molecule has 0 radical (unpaired) electrons. The van der Waals surface area contributed by atoms with Gasteiger partial charge in [-0.25, -0.2) is 23.4 Å². The van der Waals surface area contributed by atoms with Gasteiger partial charge in [0.2, 0.25) is 0 Å². The average Bonchev–Trinajstić information content (AvgIpc) is 4.09. The van der Waals surface area contributed by atoms with E-state index in [-0.39, 0.29) is 22.5 Å². The van der Waals surface area contributed by atoms with E-state index >= 15 is 0 Å². The number of sulfone groups is 1. The summed E-state index contributed by atoms with van der Waals surface area (Å²) in [5.41, 5.74) is 10.6. The molecule has 10 nitrogen and oxygen atoms in total. The van der Waals surface area contributed by atoms with Gasteiger partial charge in [-0.1, -0.05) is 103 Å². The van der Waals surface area contributed by atoms with Crippen molar-refractivity contribution in [1.29, 1.82) is 0 Å². The third-order valence-corrected chi connectivity index (χ3v) is 14.6. The second kappa shape index (κ2) is 17.1. The normalized spacial score (nSPS) is 13.5. The van der Waals surface area contributed by atoms with Crippen LogP contribution in [0.3, 0.4) is 0 Å². The number of thiazole rings is 2. The Morgan fingerprint density at radius 1 is 0.606 bits per heavy atom. The van der Waals surface area contributed by atoms with Crippen molar-refractivity contribution in [1.82, 2.24) is 20.3 Å². The summed E-state index contributed by atoms with van der Waals surface area (Å²) in [7, 11) is -3.52. The number of hydrogen-bond acceptors (Lipinski definition) is 9. The number of aryl methyl sites for hydroxylation is 3. The standard InChI is InChI=1S/C53H40N6O4S3/c1-30-23-25-42-38(27-30)56-52(64-42)46-44(33-17-7-5-8-18-33)40(54-48(46)58-50(60)36-21-13-11-15-31(36)2)29-41-45(34-19-9-6-10-20-34)47(49(55-41)59-51(61)37-22-14-12-16-32(37)3)53-57-39-28-35(66(4,62)63)24-26-43(39)65-53/h5-29,54H,1-4H3,(H,58,60)(H,55,59,61). The molecule has 1 aliphatic rings. The first-order valence-electron chi connectivity index (χ1n) is 21.0. The number of aliphatic imine (C=N–C) groups is 1. The summed E-state index contributed by atoms with van der Waals surface area (Å²) in [6.45, 7) is 5.82. The minimum atomic E-state index is -3.52. The SMILES string of the molecule is Cc1ccc2sc(-c3c(NC(=O)c4ccccc4C)[nH]c(C=C4N=C(NC(=O)c5ccccc5C)C(c5nc6cc(S(C)(=O)=O)ccc6s5)=C4c4ccccc4)c3-c3ccccc3)nc2c1. The second-order valence-corrected chi connectivity index (χ2v) is 20.2. The van der Waals surface area contributed by atoms with Crippen molar-refractivity contribution in [3.8, 4) is 21.7 Å². The number of aromatic nitrogens is 3. The number of amidine groups is 1. The summed E-state index contributed by atoms with van der Waals surface area (Å²) >= 11 is 2.92. The van der Waals surface area contributed by atoms with Gasteiger partial charge in [0.25, 0.3) is 11.8 Å². The van der Waals surface area contributed by atoms with E-state index < -0.39 is 9.84 Å². The van der Waals surface area contributed by atoms with Crippen LogP contribution in [0.5, 0.6) is 0 Å². The van der Waals surface area contributed by atoms with Crippen molar-refractivity contribution < 1.29 is 18.0 Å². The lowest BCUT2D eigenvalue weighted by atomic mass is 9.96. The topological polar surface area (TPSA) is 146 Å². The fourth-order valence-electron chi connectivity index (χ4n) is 8.16. The van der Waals surface area contributed by atoms with Gasteiger partial charge >= 0.3 is 0 Å². The van der Waals surface area contributed by atoms with Crippen molar-refractivity contribution in [2.75, 3.05) is 11.6 Å². The zero-order chi connectivity index (χ0) is 45.7. The van der Waals surface area contributed by atoms with E-state index in [2.05, 4.69) is 33.8 Å². The highest BCUT2D eigenvalue weighted by molar-refractivity contribution is 7.90. The summed E-state index contributed by atoms with van der Waals surface area (Å²) in [6, 6.07) is 45.6. The number of benzene rings is 6. The molecule has 2 amide bonds. The summed E-state index contributed by atoms with van der Waals surface area (Å²) in [6.07, 6.45) is 3.11. The van der Waals surface area contributed by atoms with Crippen LogP contribution in [0, 0.1) is 20.8 Å². The van der Waals surface area contributed by atoms with Gasteiger partial charge in [-0.2, -0.15) is 0 Å². The number of nitrogens with zero attached hydrogens (tertiary/aromatic N) is 3. The van der Waals surface area contributed by atoms with Crippen LogP contribution < -0.4 is 10.6 Å². The van der Waals surface area contributed by atoms with E-state index in [0.29, 0.717) is 60.6 Å². The van der Waals surface area contributed by atoms with Crippen LogP contribution in [0.2, 0.25) is 0 Å². The minimum absolute atomic E-state index is 0.155. The number of hydrogen-bond donors (Lipinski definition) is 3. The molecule has 9 aromatic rings. The van der Waals surface area contributed by atoms with E-state index in [1.165, 1.54) is 28.9 Å². The summed E-state index contributed by atoms with van der Waals surface area (Å²) in [5, 5.41) is 7.62. The van der Waals surface area contributed by atoms with Crippen LogP contribution in [0.4, 0.5) is 5.82 Å². The first kappa shape index (κ1) is 42.4. The number of amides is 2. The summed E-state index contributed by atoms with van der Waals surface area (Å²) < 4.78 is 27.0. The summed E-state index contributed by atoms with van der Waals surface area (Å²) in [5.74, 6) is 0.0999. The van der Waals surface area contributed by atoms with Gasteiger partial charge in [0.05, 0.1) is 47.9 Å². The smallest absolute Gasteiger partial charge is 0.257 e. The Kier molecular flexibility index (Phi) is 11.0. The monoisotopic (exact) mass is 920 g/mol. The molecule has 0 atom stereocenters. The summed E-state index contributed by atoms with van der Waals surface area (Å²) in [4.78, 5) is 47.7. The Balaban J connectivity index is 1.24. The third kappa shape index (κ3) is 8.08. The fraction of sp³-hybridized carbons (Fsp3) is 0.0755. The predicted molar refractivity (Wildman–Crippen MR) is 269 cm³/mol. The lowest BCUT2D eigenvalue weighted by molar-refractivity contribution is 0.0975. The molecule has 0 unspecified atom stereocenters. The maximum Gasteiger partial charge on any atom is 0.257 e. The Labute approximate surface area is 389 Å². The van der Waals surface area contributed by atoms with E-state index in [4.69, 9.17) is 15.0 Å². The van der Waals surface area contributed by atoms with Crippen LogP contribution >= 0.6 is 22.7 Å². The van der Waals surface area contributed by atoms with Gasteiger partial charge in [0.1, 0.15) is 21.7 Å². The van der Waals surface area contributed by atoms with E-state index in [1.54, 1.807) is 30.3 Å². The van der Waals surface area contributed by atoms with Crippen LogP contribution in [0.25, 0.3) is 59.4 Å². The number of aromatic amines is 1. The van der Waals surface area contributed by atoms with Gasteiger partial charge in [0.15, 0.2) is 9.84 Å². The molecule has 4 heterocycles. The predicted octanol–water partition coefficient (Wildman–Crippen LogP) is 11.9. The highest BCUT2D eigenvalue weighted by atomic mass is 32.2. The molecule has 0 spiro atoms. The molecule has 6 aromatic carbocycles. The molecule has 66 heavy (non-hydrogen) atoms. The third-order valence-electron chi connectivity index (χ3n) is 11.4. The highest BCUT2D eigenvalue weighted by Gasteiger charge is 2.32. The lowest BCUT2D eigenvalue weighted by Gasteiger charge is -2.11. The van der Waals surface area contributed by atoms with E-state index in [9.17, 15) is 18.0 Å². The molecule has 324 valence electrons. The molecule has 10 rings (SSSR count). The molecule has 3 N–H and O–H groups in total. The Morgan fingerprint density at radius 3 is 1.82 bits per heavy atom. The first-order valence-corrected chi connectivity index (χ1v) is 24.6. The number of rotatable bonds is 9. The number of allylic oxidation sites excluding steroid dienone is 1. The molecule has 1 aliphatic heterocycles. The molecule has 0 saturated carbocycles. The molecule has 0 aliphatic carbocycles. The molecular weight excluding hydrogens is 881 g/mol. The van der Waals surface area contributed by atoms with E-state index in [0.717, 1.165) is 48.3 Å². The first-order chi connectivity index (χ1) is 31.9. The maximum absolute atomic E-state index is 14.2. The van der Waals surface area contributed by atoms with Gasteiger partial charge < -0.3 is 15.6 Å². The van der Waals surface area contributed by atoms with Crippen molar-refractivity contribution in [3.05, 3.63) is 195 Å². The molecule has 13 heteroatoms. The number of fused-ring (bicyclic) bond motifs is 2. The molecule has 3 aromatic heterocycles. The lowest BCUT2D eigenvalue weighted by Crippen LogP contribution is -2.31. The minimum Gasteiger partial charge on any atom is -0.341 e. The van der Waals surface area contributed by atoms with Gasteiger partial charge in [-0.3, -0.25) is 9.59 Å². The molecular formula is C53H40N6O4S3. The number of nitrogens with one attached hydrogen (secondary N) is 3.